The van der Waals surface area contributed by atoms with Gasteiger partial charge in [-0.05, 0) is 61.8 Å². The molecule has 152 valence electrons. The van der Waals surface area contributed by atoms with Gasteiger partial charge in [-0.3, -0.25) is 14.6 Å². The predicted octanol–water partition coefficient (Wildman–Crippen LogP) is 5.01. The standard InChI is InChI=1S/C24H29N3OS/c1-19(18-26-15-12-20(13-16-26)22-10-7-17-29-22)27(23-11-5-6-14-25-23)24(28)21-8-3-2-4-9-21/h2-3,5-7,10-12,14,17,19,21H,4,8-9,13,15-16,18H2,1H3. The first-order valence-electron chi connectivity index (χ1n) is 10.6. The molecular formula is C24H29N3OS. The van der Waals surface area contributed by atoms with Crippen LogP contribution >= 0.6 is 11.3 Å². The molecule has 3 heterocycles. The Bertz CT molecular complexity index is 860. The van der Waals surface area contributed by atoms with E-state index in [1.54, 1.807) is 6.20 Å². The first-order chi connectivity index (χ1) is 14.2. The molecule has 0 radical (unpaired) electrons. The summed E-state index contributed by atoms with van der Waals surface area (Å²) in [5, 5.41) is 2.14. The van der Waals surface area contributed by atoms with Gasteiger partial charge in [0, 0.05) is 42.7 Å². The highest BCUT2D eigenvalue weighted by Gasteiger charge is 2.30. The number of carbonyl (C=O) groups excluding carboxylic acids is 1. The molecule has 1 aliphatic heterocycles. The molecule has 4 nitrogen and oxygen atoms in total. The van der Waals surface area contributed by atoms with E-state index in [4.69, 9.17) is 0 Å². The molecule has 0 fully saturated rings. The van der Waals surface area contributed by atoms with Gasteiger partial charge in [-0.25, -0.2) is 4.98 Å². The van der Waals surface area contributed by atoms with Gasteiger partial charge in [0.05, 0.1) is 0 Å². The van der Waals surface area contributed by atoms with Crippen molar-refractivity contribution in [2.75, 3.05) is 24.5 Å². The topological polar surface area (TPSA) is 36.4 Å². The van der Waals surface area contributed by atoms with Crippen molar-refractivity contribution in [2.24, 2.45) is 5.92 Å². The maximum Gasteiger partial charge on any atom is 0.231 e. The number of hydrogen-bond acceptors (Lipinski definition) is 4. The van der Waals surface area contributed by atoms with E-state index in [9.17, 15) is 4.79 Å². The lowest BCUT2D eigenvalue weighted by Gasteiger charge is -2.36. The van der Waals surface area contributed by atoms with Gasteiger partial charge in [0.2, 0.25) is 5.91 Å². The van der Waals surface area contributed by atoms with Crippen molar-refractivity contribution in [3.05, 3.63) is 65.0 Å². The van der Waals surface area contributed by atoms with E-state index in [-0.39, 0.29) is 17.9 Å². The highest BCUT2D eigenvalue weighted by Crippen LogP contribution is 2.28. The van der Waals surface area contributed by atoms with E-state index in [0.717, 1.165) is 51.1 Å². The van der Waals surface area contributed by atoms with Crippen LogP contribution in [0.25, 0.3) is 5.57 Å². The molecule has 2 aromatic rings. The minimum absolute atomic E-state index is 0.0659. The van der Waals surface area contributed by atoms with Crippen LogP contribution in [0, 0.1) is 5.92 Å². The summed E-state index contributed by atoms with van der Waals surface area (Å²) in [5.74, 6) is 1.05. The van der Waals surface area contributed by atoms with Crippen molar-refractivity contribution < 1.29 is 4.79 Å². The van der Waals surface area contributed by atoms with Crippen LogP contribution < -0.4 is 4.90 Å². The van der Waals surface area contributed by atoms with Gasteiger partial charge >= 0.3 is 0 Å². The zero-order chi connectivity index (χ0) is 20.1. The number of carbonyl (C=O) groups is 1. The van der Waals surface area contributed by atoms with E-state index >= 15 is 0 Å². The summed E-state index contributed by atoms with van der Waals surface area (Å²) in [6, 6.07) is 10.2. The minimum Gasteiger partial charge on any atom is -0.297 e. The molecule has 2 aromatic heterocycles. The molecule has 1 aliphatic carbocycles. The number of anilines is 1. The Kier molecular flexibility index (Phi) is 6.57. The Labute approximate surface area is 177 Å². The lowest BCUT2D eigenvalue weighted by Crippen LogP contribution is -2.49. The monoisotopic (exact) mass is 407 g/mol. The Morgan fingerprint density at radius 2 is 2.24 bits per heavy atom. The summed E-state index contributed by atoms with van der Waals surface area (Å²) in [6.45, 7) is 4.99. The SMILES string of the molecule is CC(CN1CC=C(c2cccs2)CC1)N(C(=O)C1CC=CCC1)c1ccccn1. The fourth-order valence-electron chi connectivity index (χ4n) is 4.28. The number of allylic oxidation sites excluding steroid dienone is 2. The van der Waals surface area contributed by atoms with Gasteiger partial charge in [0.15, 0.2) is 0 Å². The van der Waals surface area contributed by atoms with E-state index in [2.05, 4.69) is 52.5 Å². The van der Waals surface area contributed by atoms with Crippen molar-refractivity contribution in [3.8, 4) is 0 Å². The fourth-order valence-corrected chi connectivity index (χ4v) is 5.08. The second-order valence-electron chi connectivity index (χ2n) is 7.94. The van der Waals surface area contributed by atoms with Gasteiger partial charge in [-0.15, -0.1) is 11.3 Å². The molecule has 0 bridgehead atoms. The number of thiophene rings is 1. The summed E-state index contributed by atoms with van der Waals surface area (Å²) < 4.78 is 0. The third kappa shape index (κ3) is 4.85. The molecule has 29 heavy (non-hydrogen) atoms. The highest BCUT2D eigenvalue weighted by molar-refractivity contribution is 7.11. The predicted molar refractivity (Wildman–Crippen MR) is 121 cm³/mol. The third-order valence-electron chi connectivity index (χ3n) is 5.85. The molecule has 1 amide bonds. The van der Waals surface area contributed by atoms with Gasteiger partial charge in [0.1, 0.15) is 5.82 Å². The Hall–Kier alpha value is -2.24. The highest BCUT2D eigenvalue weighted by atomic mass is 32.1. The number of rotatable bonds is 6. The molecule has 0 saturated carbocycles. The van der Waals surface area contributed by atoms with Crippen LogP contribution in [0.1, 0.15) is 37.5 Å². The summed E-state index contributed by atoms with van der Waals surface area (Å²) in [6.07, 6.45) is 12.3. The maximum absolute atomic E-state index is 13.4. The Morgan fingerprint density at radius 1 is 1.31 bits per heavy atom. The molecule has 0 saturated heterocycles. The van der Waals surface area contributed by atoms with E-state index in [1.165, 1.54) is 10.5 Å². The fraction of sp³-hybridized carbons (Fsp3) is 0.417. The normalized spacial score (nSPS) is 20.9. The van der Waals surface area contributed by atoms with Crippen LogP contribution in [-0.2, 0) is 4.79 Å². The zero-order valence-corrected chi connectivity index (χ0v) is 17.9. The first kappa shape index (κ1) is 20.0. The molecule has 5 heteroatoms. The molecule has 2 atom stereocenters. The van der Waals surface area contributed by atoms with Crippen molar-refractivity contribution in [1.82, 2.24) is 9.88 Å². The van der Waals surface area contributed by atoms with E-state index in [1.807, 2.05) is 34.4 Å². The molecule has 0 N–H and O–H groups in total. The number of hydrogen-bond donors (Lipinski definition) is 0. The third-order valence-corrected chi connectivity index (χ3v) is 6.79. The minimum atomic E-state index is 0.0659. The molecule has 2 unspecified atom stereocenters. The molecule has 0 aromatic carbocycles. The average molecular weight is 408 g/mol. The quantitative estimate of drug-likeness (QED) is 0.632. The second kappa shape index (κ2) is 9.51. The number of pyridine rings is 1. The lowest BCUT2D eigenvalue weighted by molar-refractivity contribution is -0.123. The van der Waals surface area contributed by atoms with Gasteiger partial charge in [-0.2, -0.15) is 0 Å². The second-order valence-corrected chi connectivity index (χ2v) is 8.89. The molecular weight excluding hydrogens is 378 g/mol. The van der Waals surface area contributed by atoms with Crippen LogP contribution in [0.15, 0.2) is 60.1 Å². The van der Waals surface area contributed by atoms with Gasteiger partial charge in [0.25, 0.3) is 0 Å². The van der Waals surface area contributed by atoms with Crippen LogP contribution in [0.3, 0.4) is 0 Å². The lowest BCUT2D eigenvalue weighted by atomic mass is 9.92. The zero-order valence-electron chi connectivity index (χ0n) is 17.0. The van der Waals surface area contributed by atoms with Gasteiger partial charge < -0.3 is 0 Å². The van der Waals surface area contributed by atoms with Crippen molar-refractivity contribution in [2.45, 2.75) is 38.6 Å². The van der Waals surface area contributed by atoms with E-state index < -0.39 is 0 Å². The molecule has 2 aliphatic rings. The van der Waals surface area contributed by atoms with Crippen molar-refractivity contribution in [1.29, 1.82) is 0 Å². The number of amides is 1. The maximum atomic E-state index is 13.4. The summed E-state index contributed by atoms with van der Waals surface area (Å²) in [4.78, 5) is 23.7. The Morgan fingerprint density at radius 3 is 2.90 bits per heavy atom. The number of aromatic nitrogens is 1. The van der Waals surface area contributed by atoms with Crippen molar-refractivity contribution >= 4 is 28.6 Å². The first-order valence-corrected chi connectivity index (χ1v) is 11.4. The van der Waals surface area contributed by atoms with Crippen LogP contribution in [-0.4, -0.2) is 41.5 Å². The number of nitrogens with zero attached hydrogens (tertiary/aromatic N) is 3. The van der Waals surface area contributed by atoms with Crippen molar-refractivity contribution in [3.63, 3.8) is 0 Å². The summed E-state index contributed by atoms with van der Waals surface area (Å²) in [7, 11) is 0. The van der Waals surface area contributed by atoms with Crippen LogP contribution in [0.5, 0.6) is 0 Å². The Balaban J connectivity index is 1.46. The van der Waals surface area contributed by atoms with Crippen LogP contribution in [0.2, 0.25) is 0 Å². The summed E-state index contributed by atoms with van der Waals surface area (Å²) in [5.41, 5.74) is 1.45. The molecule has 4 rings (SSSR count). The van der Waals surface area contributed by atoms with Crippen LogP contribution in [0.4, 0.5) is 5.82 Å². The van der Waals surface area contributed by atoms with Gasteiger partial charge in [-0.1, -0.05) is 30.4 Å². The summed E-state index contributed by atoms with van der Waals surface area (Å²) >= 11 is 1.81. The average Bonchev–Trinajstić information content (AvgIpc) is 3.31. The molecule has 0 spiro atoms. The largest absolute Gasteiger partial charge is 0.297 e. The smallest absolute Gasteiger partial charge is 0.231 e. The van der Waals surface area contributed by atoms with E-state index in [0.29, 0.717) is 0 Å².